The van der Waals surface area contributed by atoms with Crippen molar-refractivity contribution in [3.63, 3.8) is 0 Å². The predicted octanol–water partition coefficient (Wildman–Crippen LogP) is 3.15. The lowest BCUT2D eigenvalue weighted by molar-refractivity contribution is -0.390. The number of anilines is 1. The molecule has 0 radical (unpaired) electrons. The number of carbonyl (C=O) groups is 1. The average molecular weight is 374 g/mol. The van der Waals surface area contributed by atoms with E-state index in [1.54, 1.807) is 12.1 Å². The molecule has 7 nitrogen and oxygen atoms in total. The highest BCUT2D eigenvalue weighted by Gasteiger charge is 2.20. The maximum absolute atomic E-state index is 11.9. The van der Waals surface area contributed by atoms with Crippen molar-refractivity contribution in [2.24, 2.45) is 0 Å². The summed E-state index contributed by atoms with van der Waals surface area (Å²) >= 11 is 9.03. The fourth-order valence-electron chi connectivity index (χ4n) is 1.65. The highest BCUT2D eigenvalue weighted by molar-refractivity contribution is 9.10. The van der Waals surface area contributed by atoms with Crippen molar-refractivity contribution in [1.29, 1.82) is 0 Å². The Bertz CT molecular complexity index is 717. The van der Waals surface area contributed by atoms with E-state index in [9.17, 15) is 14.9 Å². The molecule has 1 aromatic heterocycles. The first-order valence-electron chi connectivity index (χ1n) is 5.80. The molecule has 21 heavy (non-hydrogen) atoms. The van der Waals surface area contributed by atoms with Crippen LogP contribution in [0.1, 0.15) is 5.56 Å². The van der Waals surface area contributed by atoms with Crippen LogP contribution in [0.4, 0.5) is 11.5 Å². The first kappa shape index (κ1) is 15.5. The molecule has 1 heterocycles. The van der Waals surface area contributed by atoms with E-state index < -0.39 is 4.92 Å². The normalized spacial score (nSPS) is 10.4. The third-order valence-corrected chi connectivity index (χ3v) is 3.45. The molecule has 0 aliphatic carbocycles. The summed E-state index contributed by atoms with van der Waals surface area (Å²) in [6.45, 7) is 1.73. The van der Waals surface area contributed by atoms with Crippen molar-refractivity contribution in [2.45, 2.75) is 13.5 Å². The molecule has 9 heteroatoms. The minimum Gasteiger partial charge on any atom is -0.358 e. The van der Waals surface area contributed by atoms with E-state index in [2.05, 4.69) is 26.3 Å². The Morgan fingerprint density at radius 2 is 2.29 bits per heavy atom. The van der Waals surface area contributed by atoms with Gasteiger partial charge in [0.25, 0.3) is 0 Å². The largest absolute Gasteiger partial charge is 0.404 e. The Hall–Kier alpha value is -1.93. The van der Waals surface area contributed by atoms with Gasteiger partial charge in [0.05, 0.1) is 22.0 Å². The van der Waals surface area contributed by atoms with Crippen LogP contribution in [0.25, 0.3) is 0 Å². The molecule has 2 rings (SSSR count). The van der Waals surface area contributed by atoms with Gasteiger partial charge >= 0.3 is 5.82 Å². The van der Waals surface area contributed by atoms with E-state index in [0.29, 0.717) is 10.7 Å². The van der Waals surface area contributed by atoms with Gasteiger partial charge in [0.15, 0.2) is 0 Å². The van der Waals surface area contributed by atoms with E-state index in [1.165, 1.54) is 10.9 Å². The zero-order valence-corrected chi connectivity index (χ0v) is 13.2. The van der Waals surface area contributed by atoms with Crippen LogP contribution < -0.4 is 5.32 Å². The second kappa shape index (κ2) is 6.23. The number of amides is 1. The molecule has 0 atom stereocenters. The van der Waals surface area contributed by atoms with Crippen LogP contribution in [0.2, 0.25) is 5.02 Å². The summed E-state index contributed by atoms with van der Waals surface area (Å²) in [5, 5.41) is 17.4. The fourth-order valence-corrected chi connectivity index (χ4v) is 2.39. The molecule has 1 aromatic carbocycles. The summed E-state index contributed by atoms with van der Waals surface area (Å²) in [5.74, 6) is -0.721. The van der Waals surface area contributed by atoms with Crippen molar-refractivity contribution in [3.05, 3.63) is 49.6 Å². The first-order chi connectivity index (χ1) is 9.86. The Kier molecular flexibility index (Phi) is 4.59. The van der Waals surface area contributed by atoms with Gasteiger partial charge in [-0.05, 0) is 45.5 Å². The second-order valence-electron chi connectivity index (χ2n) is 4.29. The van der Waals surface area contributed by atoms with Gasteiger partial charge < -0.3 is 15.4 Å². The number of hydrogen-bond donors (Lipinski definition) is 1. The maximum Gasteiger partial charge on any atom is 0.404 e. The standard InChI is InChI=1S/C12H10BrClN4O3/c1-7-2-3-10(9(14)4-7)15-11(19)6-17-5-8(13)12(16-17)18(20)21/h2-5H,6H2,1H3,(H,15,19). The van der Waals surface area contributed by atoms with Gasteiger partial charge in [-0.3, -0.25) is 4.79 Å². The van der Waals surface area contributed by atoms with Crippen LogP contribution in [0.3, 0.4) is 0 Å². The van der Waals surface area contributed by atoms with Gasteiger partial charge in [0, 0.05) is 0 Å². The van der Waals surface area contributed by atoms with Crippen molar-refractivity contribution >= 4 is 44.9 Å². The quantitative estimate of drug-likeness (QED) is 0.658. The zero-order valence-electron chi connectivity index (χ0n) is 10.8. The fraction of sp³-hybridized carbons (Fsp3) is 0.167. The topological polar surface area (TPSA) is 90.1 Å². The molecular formula is C12H10BrClN4O3. The van der Waals surface area contributed by atoms with Crippen LogP contribution in [0.5, 0.6) is 0 Å². The highest BCUT2D eigenvalue weighted by Crippen LogP contribution is 2.24. The van der Waals surface area contributed by atoms with Gasteiger partial charge in [-0.15, -0.1) is 0 Å². The van der Waals surface area contributed by atoms with Crippen LogP contribution in [0, 0.1) is 17.0 Å². The molecule has 1 amide bonds. The van der Waals surface area contributed by atoms with Crippen molar-refractivity contribution < 1.29 is 9.72 Å². The summed E-state index contributed by atoms with van der Waals surface area (Å²) in [6, 6.07) is 5.24. The summed E-state index contributed by atoms with van der Waals surface area (Å²) in [5.41, 5.74) is 1.46. The SMILES string of the molecule is Cc1ccc(NC(=O)Cn2cc(Br)c([N+](=O)[O-])n2)c(Cl)c1. The number of halogens is 2. The molecular weight excluding hydrogens is 364 g/mol. The van der Waals surface area contributed by atoms with E-state index in [1.807, 2.05) is 13.0 Å². The van der Waals surface area contributed by atoms with Crippen molar-refractivity contribution in [2.75, 3.05) is 5.32 Å². The van der Waals surface area contributed by atoms with Gasteiger partial charge in [-0.25, -0.2) is 0 Å². The van der Waals surface area contributed by atoms with Crippen molar-refractivity contribution in [3.8, 4) is 0 Å². The Labute approximate surface area is 133 Å². The molecule has 0 saturated heterocycles. The molecule has 0 saturated carbocycles. The summed E-state index contributed by atoms with van der Waals surface area (Å²) in [4.78, 5) is 21.9. The van der Waals surface area contributed by atoms with Crippen LogP contribution >= 0.6 is 27.5 Å². The number of benzene rings is 1. The third-order valence-electron chi connectivity index (χ3n) is 2.58. The van der Waals surface area contributed by atoms with Gasteiger partial charge in [-0.1, -0.05) is 17.7 Å². The maximum atomic E-state index is 11.9. The molecule has 0 spiro atoms. The average Bonchev–Trinajstić information content (AvgIpc) is 2.74. The second-order valence-corrected chi connectivity index (χ2v) is 5.55. The minimum absolute atomic E-state index is 0.156. The van der Waals surface area contributed by atoms with E-state index in [4.69, 9.17) is 11.6 Å². The molecule has 2 aromatic rings. The van der Waals surface area contributed by atoms with E-state index >= 15 is 0 Å². The lowest BCUT2D eigenvalue weighted by Crippen LogP contribution is -2.19. The number of rotatable bonds is 4. The highest BCUT2D eigenvalue weighted by atomic mass is 79.9. The summed E-state index contributed by atoms with van der Waals surface area (Å²) < 4.78 is 1.40. The Balaban J connectivity index is 2.08. The summed E-state index contributed by atoms with van der Waals surface area (Å²) in [6.07, 6.45) is 1.37. The lowest BCUT2D eigenvalue weighted by atomic mass is 10.2. The Morgan fingerprint density at radius 3 is 2.86 bits per heavy atom. The van der Waals surface area contributed by atoms with Crippen LogP contribution in [0.15, 0.2) is 28.9 Å². The van der Waals surface area contributed by atoms with E-state index in [0.717, 1.165) is 5.56 Å². The predicted molar refractivity (Wildman–Crippen MR) is 81.4 cm³/mol. The Morgan fingerprint density at radius 1 is 1.57 bits per heavy atom. The molecule has 1 N–H and O–H groups in total. The zero-order chi connectivity index (χ0) is 15.6. The number of carbonyl (C=O) groups excluding carboxylic acids is 1. The number of nitrogens with zero attached hydrogens (tertiary/aromatic N) is 3. The third kappa shape index (κ3) is 3.79. The smallest absolute Gasteiger partial charge is 0.358 e. The molecule has 0 aliphatic heterocycles. The number of aromatic nitrogens is 2. The monoisotopic (exact) mass is 372 g/mol. The molecule has 0 aliphatic rings. The number of nitro groups is 1. The van der Waals surface area contributed by atoms with E-state index in [-0.39, 0.29) is 22.7 Å². The summed E-state index contributed by atoms with van der Waals surface area (Å²) in [7, 11) is 0. The molecule has 0 fully saturated rings. The number of nitrogens with one attached hydrogen (secondary N) is 1. The molecule has 110 valence electrons. The van der Waals surface area contributed by atoms with Gasteiger partial charge in [-0.2, -0.15) is 4.68 Å². The molecule has 0 bridgehead atoms. The number of hydrogen-bond acceptors (Lipinski definition) is 4. The van der Waals surface area contributed by atoms with Crippen LogP contribution in [-0.2, 0) is 11.3 Å². The van der Waals surface area contributed by atoms with Crippen molar-refractivity contribution in [1.82, 2.24) is 9.78 Å². The minimum atomic E-state index is -0.630. The van der Waals surface area contributed by atoms with Crippen LogP contribution in [-0.4, -0.2) is 20.6 Å². The lowest BCUT2D eigenvalue weighted by Gasteiger charge is -2.06. The van der Waals surface area contributed by atoms with Gasteiger partial charge in [0.2, 0.25) is 5.91 Å². The first-order valence-corrected chi connectivity index (χ1v) is 6.97. The molecule has 0 unspecified atom stereocenters. The number of aryl methyl sites for hydroxylation is 1. The van der Waals surface area contributed by atoms with Gasteiger partial charge in [0.1, 0.15) is 11.0 Å².